The van der Waals surface area contributed by atoms with Crippen molar-refractivity contribution < 1.29 is 9.18 Å². The Balaban J connectivity index is 1.24. The van der Waals surface area contributed by atoms with E-state index in [0.29, 0.717) is 16.9 Å². The number of aromatic nitrogens is 2. The summed E-state index contributed by atoms with van der Waals surface area (Å²) in [6, 6.07) is 18.1. The molecule has 1 amide bonds. The van der Waals surface area contributed by atoms with Crippen molar-refractivity contribution in [1.29, 1.82) is 0 Å². The van der Waals surface area contributed by atoms with Crippen LogP contribution >= 0.6 is 23.4 Å². The minimum atomic E-state index is -0.300. The Kier molecular flexibility index (Phi) is 9.11. The second-order valence-corrected chi connectivity index (χ2v) is 9.45. The summed E-state index contributed by atoms with van der Waals surface area (Å²) in [7, 11) is 0. The first kappa shape index (κ1) is 25.2. The molecule has 2 aromatic carbocycles. The van der Waals surface area contributed by atoms with Crippen LogP contribution in [0.2, 0.25) is 5.15 Å². The Labute approximate surface area is 214 Å². The van der Waals surface area contributed by atoms with Crippen LogP contribution in [-0.2, 0) is 11.3 Å². The Hall–Kier alpha value is -2.94. The zero-order valence-electron chi connectivity index (χ0n) is 19.2. The molecule has 1 aromatic heterocycles. The van der Waals surface area contributed by atoms with Crippen LogP contribution in [0.4, 0.5) is 10.2 Å². The Morgan fingerprint density at radius 1 is 1.06 bits per heavy atom. The van der Waals surface area contributed by atoms with Gasteiger partial charge in [-0.15, -0.1) is 0 Å². The average Bonchev–Trinajstić information content (AvgIpc) is 2.88. The fourth-order valence-corrected chi connectivity index (χ4v) is 4.57. The number of halogens is 2. The van der Waals surface area contributed by atoms with Gasteiger partial charge in [0.15, 0.2) is 5.16 Å². The van der Waals surface area contributed by atoms with Crippen LogP contribution in [0.25, 0.3) is 6.08 Å². The molecule has 1 saturated heterocycles. The zero-order valence-corrected chi connectivity index (χ0v) is 20.8. The van der Waals surface area contributed by atoms with Gasteiger partial charge in [0, 0.05) is 45.3 Å². The molecule has 0 radical (unpaired) electrons. The van der Waals surface area contributed by atoms with Gasteiger partial charge in [0.05, 0.1) is 5.75 Å². The molecule has 0 saturated carbocycles. The first-order valence-electron chi connectivity index (χ1n) is 11.4. The number of nitrogens with one attached hydrogen (secondary N) is 1. The number of piperazine rings is 1. The Morgan fingerprint density at radius 2 is 1.80 bits per heavy atom. The summed E-state index contributed by atoms with van der Waals surface area (Å²) in [4.78, 5) is 25.7. The first-order valence-corrected chi connectivity index (χ1v) is 12.8. The number of carbonyl (C=O) groups is 1. The van der Waals surface area contributed by atoms with Crippen LogP contribution in [0, 0.1) is 5.82 Å². The fourth-order valence-electron chi connectivity index (χ4n) is 3.66. The third-order valence-electron chi connectivity index (χ3n) is 5.57. The maximum atomic E-state index is 13.0. The number of nitrogens with zero attached hydrogens (tertiary/aromatic N) is 4. The van der Waals surface area contributed by atoms with E-state index in [-0.39, 0.29) is 17.5 Å². The van der Waals surface area contributed by atoms with E-state index in [1.165, 1.54) is 29.5 Å². The van der Waals surface area contributed by atoms with Gasteiger partial charge in [-0.3, -0.25) is 9.69 Å². The van der Waals surface area contributed by atoms with E-state index < -0.39 is 0 Å². The molecule has 2 heterocycles. The lowest BCUT2D eigenvalue weighted by Gasteiger charge is -2.35. The van der Waals surface area contributed by atoms with Crippen LogP contribution in [0.1, 0.15) is 11.1 Å². The molecule has 0 aliphatic carbocycles. The molecule has 35 heavy (non-hydrogen) atoms. The third kappa shape index (κ3) is 8.06. The summed E-state index contributed by atoms with van der Waals surface area (Å²) in [5.74, 6) is 0.494. The lowest BCUT2D eigenvalue weighted by molar-refractivity contribution is -0.118. The number of hydrogen-bond acceptors (Lipinski definition) is 6. The summed E-state index contributed by atoms with van der Waals surface area (Å²) in [5, 5.41) is 3.65. The number of hydrogen-bond donors (Lipinski definition) is 1. The Morgan fingerprint density at radius 3 is 2.54 bits per heavy atom. The molecule has 0 unspecified atom stereocenters. The van der Waals surface area contributed by atoms with Crippen molar-refractivity contribution in [1.82, 2.24) is 20.2 Å². The van der Waals surface area contributed by atoms with Crippen molar-refractivity contribution in [3.05, 3.63) is 88.8 Å². The number of amides is 1. The van der Waals surface area contributed by atoms with Gasteiger partial charge >= 0.3 is 0 Å². The van der Waals surface area contributed by atoms with Gasteiger partial charge in [-0.1, -0.05) is 78.0 Å². The van der Waals surface area contributed by atoms with E-state index in [1.54, 1.807) is 18.2 Å². The smallest absolute Gasteiger partial charge is 0.230 e. The molecule has 1 aliphatic heterocycles. The lowest BCUT2D eigenvalue weighted by atomic mass is 10.2. The summed E-state index contributed by atoms with van der Waals surface area (Å²) in [6.45, 7) is 4.78. The van der Waals surface area contributed by atoms with E-state index >= 15 is 0 Å². The molecule has 9 heteroatoms. The predicted molar refractivity (Wildman–Crippen MR) is 140 cm³/mol. The molecule has 1 aliphatic rings. The molecule has 0 spiro atoms. The molecule has 0 atom stereocenters. The maximum Gasteiger partial charge on any atom is 0.230 e. The predicted octanol–water partition coefficient (Wildman–Crippen LogP) is 4.51. The average molecular weight is 512 g/mol. The summed E-state index contributed by atoms with van der Waals surface area (Å²) >= 11 is 7.50. The van der Waals surface area contributed by atoms with Crippen molar-refractivity contribution in [2.24, 2.45) is 0 Å². The second kappa shape index (κ2) is 12.7. The quantitative estimate of drug-likeness (QED) is 0.259. The van der Waals surface area contributed by atoms with Crippen LogP contribution in [-0.4, -0.2) is 59.3 Å². The highest BCUT2D eigenvalue weighted by atomic mass is 35.5. The van der Waals surface area contributed by atoms with Crippen LogP contribution in [0.3, 0.4) is 0 Å². The third-order valence-corrected chi connectivity index (χ3v) is 6.61. The van der Waals surface area contributed by atoms with E-state index in [4.69, 9.17) is 11.6 Å². The standard InChI is InChI=1S/C26H27ClFN5OS/c27-23-17-24(33-15-13-32(14-16-33)12-4-7-20-5-2-1-3-6-20)31-26(30-23)35-19-25(34)29-18-21-8-10-22(28)11-9-21/h1-11,17H,12-16,18-19H2,(H,29,34). The van der Waals surface area contributed by atoms with Gasteiger partial charge in [0.1, 0.15) is 16.8 Å². The van der Waals surface area contributed by atoms with Crippen molar-refractivity contribution in [2.45, 2.75) is 11.7 Å². The highest BCUT2D eigenvalue weighted by Crippen LogP contribution is 2.23. The van der Waals surface area contributed by atoms with Crippen LogP contribution in [0.5, 0.6) is 0 Å². The summed E-state index contributed by atoms with van der Waals surface area (Å²) in [6.07, 6.45) is 4.35. The normalized spacial score (nSPS) is 14.4. The minimum Gasteiger partial charge on any atom is -0.354 e. The topological polar surface area (TPSA) is 61.4 Å². The van der Waals surface area contributed by atoms with Crippen molar-refractivity contribution in [3.8, 4) is 0 Å². The SMILES string of the molecule is O=C(CSc1nc(Cl)cc(N2CCN(CC=Cc3ccccc3)CC2)n1)NCc1ccc(F)cc1. The number of rotatable bonds is 9. The van der Waals surface area contributed by atoms with Crippen molar-refractivity contribution in [3.63, 3.8) is 0 Å². The van der Waals surface area contributed by atoms with Crippen molar-refractivity contribution in [2.75, 3.05) is 43.4 Å². The fraction of sp³-hybridized carbons (Fsp3) is 0.269. The van der Waals surface area contributed by atoms with Gasteiger partial charge in [-0.05, 0) is 23.3 Å². The molecule has 1 fully saturated rings. The minimum absolute atomic E-state index is 0.151. The molecule has 182 valence electrons. The van der Waals surface area contributed by atoms with Crippen LogP contribution in [0.15, 0.2) is 71.9 Å². The lowest BCUT2D eigenvalue weighted by Crippen LogP contribution is -2.46. The molecule has 3 aromatic rings. The largest absolute Gasteiger partial charge is 0.354 e. The zero-order chi connectivity index (χ0) is 24.5. The molecule has 1 N–H and O–H groups in total. The number of benzene rings is 2. The Bertz CT molecular complexity index is 1140. The highest BCUT2D eigenvalue weighted by Gasteiger charge is 2.19. The molecule has 0 bridgehead atoms. The van der Waals surface area contributed by atoms with E-state index in [2.05, 4.69) is 49.4 Å². The van der Waals surface area contributed by atoms with E-state index in [9.17, 15) is 9.18 Å². The number of carbonyl (C=O) groups excluding carboxylic acids is 1. The van der Waals surface area contributed by atoms with Crippen LogP contribution < -0.4 is 10.2 Å². The van der Waals surface area contributed by atoms with E-state index in [1.807, 2.05) is 18.2 Å². The van der Waals surface area contributed by atoms with E-state index in [0.717, 1.165) is 44.1 Å². The van der Waals surface area contributed by atoms with Gasteiger partial charge in [0.2, 0.25) is 5.91 Å². The first-order chi connectivity index (χ1) is 17.0. The summed E-state index contributed by atoms with van der Waals surface area (Å²) < 4.78 is 13.0. The molecule has 6 nitrogen and oxygen atoms in total. The van der Waals surface area contributed by atoms with Gasteiger partial charge in [0.25, 0.3) is 0 Å². The van der Waals surface area contributed by atoms with Gasteiger partial charge in [-0.25, -0.2) is 14.4 Å². The highest BCUT2D eigenvalue weighted by molar-refractivity contribution is 7.99. The molecular formula is C26H27ClFN5OS. The van der Waals surface area contributed by atoms with Gasteiger partial charge in [-0.2, -0.15) is 0 Å². The monoisotopic (exact) mass is 511 g/mol. The van der Waals surface area contributed by atoms with Gasteiger partial charge < -0.3 is 10.2 Å². The molecule has 4 rings (SSSR count). The number of anilines is 1. The van der Waals surface area contributed by atoms with Crippen molar-refractivity contribution >= 4 is 41.2 Å². The molecular weight excluding hydrogens is 485 g/mol. The number of thioether (sulfide) groups is 1. The maximum absolute atomic E-state index is 13.0. The summed E-state index contributed by atoms with van der Waals surface area (Å²) in [5.41, 5.74) is 2.04. The second-order valence-electron chi connectivity index (χ2n) is 8.12.